The maximum absolute atomic E-state index is 10.8. The maximum atomic E-state index is 10.8. The second kappa shape index (κ2) is 11.7. The van der Waals surface area contributed by atoms with Crippen LogP contribution in [0.5, 0.6) is 46.0 Å². The first-order valence-corrected chi connectivity index (χ1v) is 11.9. The number of nitro benzene ring substituents is 2. The van der Waals surface area contributed by atoms with Crippen LogP contribution < -0.4 is 18.9 Å². The van der Waals surface area contributed by atoms with E-state index < -0.39 is 9.85 Å². The second-order valence-corrected chi connectivity index (χ2v) is 8.32. The van der Waals surface area contributed by atoms with Gasteiger partial charge in [0.1, 0.15) is 46.0 Å². The Morgan fingerprint density at radius 1 is 0.325 bits per heavy atom. The van der Waals surface area contributed by atoms with E-state index in [0.717, 1.165) is 0 Å². The third-order valence-electron chi connectivity index (χ3n) is 5.51. The lowest BCUT2D eigenvalue weighted by Crippen LogP contribution is -1.89. The average Bonchev–Trinajstić information content (AvgIpc) is 2.97. The Balaban J connectivity index is 1.13. The molecule has 0 bridgehead atoms. The summed E-state index contributed by atoms with van der Waals surface area (Å²) >= 11 is 0. The van der Waals surface area contributed by atoms with Gasteiger partial charge in [-0.05, 0) is 97.1 Å². The standard InChI is InChI=1S/C30H20N2O8/c33-31(34)21-1-5-23(6-2-21)37-25-9-13-27(14-10-25)39-29-17-19-30(20-18-29)40-28-15-11-26(12-16-28)38-24-7-3-22(4-8-24)32(35)36/h1-20H. The number of hydrogen-bond donors (Lipinski definition) is 0. The highest BCUT2D eigenvalue weighted by Crippen LogP contribution is 2.31. The molecule has 0 amide bonds. The lowest BCUT2D eigenvalue weighted by Gasteiger charge is -2.10. The molecule has 0 atom stereocenters. The van der Waals surface area contributed by atoms with Crippen molar-refractivity contribution in [1.29, 1.82) is 0 Å². The quantitative estimate of drug-likeness (QED) is 0.128. The van der Waals surface area contributed by atoms with Crippen LogP contribution in [-0.2, 0) is 0 Å². The zero-order chi connectivity index (χ0) is 27.9. The molecule has 0 heterocycles. The average molecular weight is 536 g/mol. The molecule has 0 saturated carbocycles. The van der Waals surface area contributed by atoms with E-state index in [1.807, 2.05) is 0 Å². The SMILES string of the molecule is O=[N+]([O-])c1ccc(Oc2ccc(Oc3ccc(Oc4ccc(Oc5ccc([N+](=O)[O-])cc5)cc4)cc3)cc2)cc1. The monoisotopic (exact) mass is 536 g/mol. The number of non-ortho nitro benzene ring substituents is 2. The molecule has 0 aliphatic rings. The summed E-state index contributed by atoms with van der Waals surface area (Å²) in [6.07, 6.45) is 0. The number of benzene rings is 5. The molecule has 0 aliphatic heterocycles. The van der Waals surface area contributed by atoms with Crippen molar-refractivity contribution in [3.63, 3.8) is 0 Å². The van der Waals surface area contributed by atoms with Crippen LogP contribution in [0.15, 0.2) is 121 Å². The van der Waals surface area contributed by atoms with Gasteiger partial charge in [-0.3, -0.25) is 20.2 Å². The molecule has 0 aliphatic carbocycles. The third-order valence-corrected chi connectivity index (χ3v) is 5.51. The summed E-state index contributed by atoms with van der Waals surface area (Å²) in [7, 11) is 0. The summed E-state index contributed by atoms with van der Waals surface area (Å²) in [5.74, 6) is 4.54. The molecule has 0 radical (unpaired) electrons. The molecule has 0 fully saturated rings. The summed E-state index contributed by atoms with van der Waals surface area (Å²) in [6.45, 7) is 0. The second-order valence-electron chi connectivity index (χ2n) is 8.32. The number of rotatable bonds is 10. The summed E-state index contributed by atoms with van der Waals surface area (Å²) in [5, 5.41) is 21.5. The van der Waals surface area contributed by atoms with Crippen LogP contribution in [0.3, 0.4) is 0 Å². The van der Waals surface area contributed by atoms with Crippen molar-refractivity contribution in [1.82, 2.24) is 0 Å². The van der Waals surface area contributed by atoms with Crippen molar-refractivity contribution < 1.29 is 28.8 Å². The molecular formula is C30H20N2O8. The Morgan fingerprint density at radius 2 is 0.475 bits per heavy atom. The number of nitrogens with zero attached hydrogens (tertiary/aromatic N) is 2. The van der Waals surface area contributed by atoms with Gasteiger partial charge in [0.2, 0.25) is 0 Å². The first-order valence-electron chi connectivity index (χ1n) is 11.9. The molecule has 10 nitrogen and oxygen atoms in total. The highest BCUT2D eigenvalue weighted by atomic mass is 16.6. The fourth-order valence-corrected chi connectivity index (χ4v) is 3.54. The molecular weight excluding hydrogens is 516 g/mol. The number of hydrogen-bond acceptors (Lipinski definition) is 8. The van der Waals surface area contributed by atoms with Gasteiger partial charge in [-0.2, -0.15) is 0 Å². The molecule has 5 aromatic carbocycles. The zero-order valence-electron chi connectivity index (χ0n) is 20.7. The normalized spacial score (nSPS) is 10.4. The molecule has 5 aromatic rings. The molecule has 0 spiro atoms. The lowest BCUT2D eigenvalue weighted by molar-refractivity contribution is -0.385. The van der Waals surface area contributed by atoms with E-state index in [4.69, 9.17) is 18.9 Å². The molecule has 0 unspecified atom stereocenters. The van der Waals surface area contributed by atoms with E-state index in [0.29, 0.717) is 46.0 Å². The van der Waals surface area contributed by atoms with Gasteiger partial charge < -0.3 is 18.9 Å². The Bertz CT molecular complexity index is 1480. The van der Waals surface area contributed by atoms with Crippen LogP contribution in [0.2, 0.25) is 0 Å². The summed E-state index contributed by atoms with van der Waals surface area (Å²) in [4.78, 5) is 20.6. The Labute approximate surface area is 227 Å². The van der Waals surface area contributed by atoms with E-state index in [9.17, 15) is 20.2 Å². The molecule has 0 aromatic heterocycles. The predicted octanol–water partition coefficient (Wildman–Crippen LogP) is 8.67. The molecule has 5 rings (SSSR count). The first-order chi connectivity index (χ1) is 19.4. The topological polar surface area (TPSA) is 123 Å². The summed E-state index contributed by atoms with van der Waals surface area (Å²) < 4.78 is 23.2. The van der Waals surface area contributed by atoms with Gasteiger partial charge in [0.25, 0.3) is 11.4 Å². The van der Waals surface area contributed by atoms with Crippen molar-refractivity contribution in [3.05, 3.63) is 142 Å². The highest BCUT2D eigenvalue weighted by Gasteiger charge is 2.07. The van der Waals surface area contributed by atoms with Crippen LogP contribution in [-0.4, -0.2) is 9.85 Å². The van der Waals surface area contributed by atoms with Gasteiger partial charge in [0.15, 0.2) is 0 Å². The van der Waals surface area contributed by atoms with E-state index in [1.54, 1.807) is 72.8 Å². The maximum Gasteiger partial charge on any atom is 0.269 e. The minimum Gasteiger partial charge on any atom is -0.457 e. The van der Waals surface area contributed by atoms with Crippen molar-refractivity contribution in [2.75, 3.05) is 0 Å². The van der Waals surface area contributed by atoms with Crippen LogP contribution in [0.4, 0.5) is 11.4 Å². The lowest BCUT2D eigenvalue weighted by atomic mass is 10.3. The van der Waals surface area contributed by atoms with E-state index in [2.05, 4.69) is 0 Å². The molecule has 198 valence electrons. The Morgan fingerprint density at radius 3 is 0.625 bits per heavy atom. The van der Waals surface area contributed by atoms with Gasteiger partial charge >= 0.3 is 0 Å². The van der Waals surface area contributed by atoms with Gasteiger partial charge in [-0.15, -0.1) is 0 Å². The van der Waals surface area contributed by atoms with Crippen molar-refractivity contribution >= 4 is 11.4 Å². The van der Waals surface area contributed by atoms with E-state index in [-0.39, 0.29) is 11.4 Å². The van der Waals surface area contributed by atoms with E-state index in [1.165, 1.54) is 48.5 Å². The van der Waals surface area contributed by atoms with Gasteiger partial charge in [0.05, 0.1) is 9.85 Å². The molecule has 0 saturated heterocycles. The van der Waals surface area contributed by atoms with Crippen molar-refractivity contribution in [2.45, 2.75) is 0 Å². The van der Waals surface area contributed by atoms with Gasteiger partial charge in [-0.1, -0.05) is 0 Å². The minimum atomic E-state index is -0.463. The van der Waals surface area contributed by atoms with Crippen LogP contribution in [0.25, 0.3) is 0 Å². The highest BCUT2D eigenvalue weighted by molar-refractivity contribution is 5.43. The smallest absolute Gasteiger partial charge is 0.269 e. The predicted molar refractivity (Wildman–Crippen MR) is 146 cm³/mol. The zero-order valence-corrected chi connectivity index (χ0v) is 20.7. The third kappa shape index (κ3) is 6.69. The summed E-state index contributed by atoms with van der Waals surface area (Å²) in [5.41, 5.74) is -0.00580. The molecule has 0 N–H and O–H groups in total. The van der Waals surface area contributed by atoms with Gasteiger partial charge in [0, 0.05) is 24.3 Å². The largest absolute Gasteiger partial charge is 0.457 e. The van der Waals surface area contributed by atoms with Gasteiger partial charge in [-0.25, -0.2) is 0 Å². The molecule has 40 heavy (non-hydrogen) atoms. The number of ether oxygens (including phenoxy) is 4. The fraction of sp³-hybridized carbons (Fsp3) is 0. The Kier molecular flexibility index (Phi) is 7.50. The van der Waals surface area contributed by atoms with Crippen LogP contribution in [0, 0.1) is 20.2 Å². The van der Waals surface area contributed by atoms with Crippen molar-refractivity contribution in [3.8, 4) is 46.0 Å². The minimum absolute atomic E-state index is 0.00290. The summed E-state index contributed by atoms with van der Waals surface area (Å²) in [6, 6.07) is 32.8. The van der Waals surface area contributed by atoms with E-state index >= 15 is 0 Å². The Hall–Kier alpha value is -5.90. The van der Waals surface area contributed by atoms with Crippen LogP contribution >= 0.6 is 0 Å². The van der Waals surface area contributed by atoms with Crippen molar-refractivity contribution in [2.24, 2.45) is 0 Å². The van der Waals surface area contributed by atoms with Crippen LogP contribution in [0.1, 0.15) is 0 Å². The first kappa shape index (κ1) is 25.7. The number of nitro groups is 2. The molecule has 10 heteroatoms. The fourth-order valence-electron chi connectivity index (χ4n) is 3.54.